The average Bonchev–Trinajstić information content (AvgIpc) is 3.01. The summed E-state index contributed by atoms with van der Waals surface area (Å²) in [5.41, 5.74) is 1.63. The third kappa shape index (κ3) is 1.91. The number of hydrogen-bond acceptors (Lipinski definition) is 2. The van der Waals surface area contributed by atoms with Crippen LogP contribution in [0.4, 0.5) is 4.39 Å². The molecular formula is C12H12FN3S. The first-order valence-corrected chi connectivity index (χ1v) is 6.01. The van der Waals surface area contributed by atoms with Crippen LogP contribution in [-0.2, 0) is 0 Å². The quantitative estimate of drug-likeness (QED) is 0.829. The number of rotatable bonds is 2. The van der Waals surface area contributed by atoms with E-state index in [-0.39, 0.29) is 5.82 Å². The van der Waals surface area contributed by atoms with Gasteiger partial charge in [0, 0.05) is 5.92 Å². The van der Waals surface area contributed by atoms with Gasteiger partial charge in [-0.05, 0) is 55.7 Å². The lowest BCUT2D eigenvalue weighted by atomic mass is 10.2. The lowest BCUT2D eigenvalue weighted by Crippen LogP contribution is -2.01. The van der Waals surface area contributed by atoms with Crippen molar-refractivity contribution in [3.63, 3.8) is 0 Å². The summed E-state index contributed by atoms with van der Waals surface area (Å²) < 4.78 is 15.8. The third-order valence-corrected chi connectivity index (χ3v) is 3.20. The second-order valence-electron chi connectivity index (χ2n) is 4.48. The zero-order valence-electron chi connectivity index (χ0n) is 9.40. The lowest BCUT2D eigenvalue weighted by Gasteiger charge is -2.07. The second-order valence-corrected chi connectivity index (χ2v) is 4.87. The van der Waals surface area contributed by atoms with Gasteiger partial charge in [0.25, 0.3) is 0 Å². The molecule has 1 aliphatic carbocycles. The van der Waals surface area contributed by atoms with Gasteiger partial charge < -0.3 is 0 Å². The molecule has 1 heterocycles. The normalized spacial score (nSPS) is 15.2. The molecule has 5 heteroatoms. The predicted octanol–water partition coefficient (Wildman–Crippen LogP) is 3.25. The minimum absolute atomic E-state index is 0.246. The number of benzene rings is 1. The topological polar surface area (TPSA) is 33.6 Å². The van der Waals surface area contributed by atoms with Crippen molar-refractivity contribution in [2.24, 2.45) is 0 Å². The smallest absolute Gasteiger partial charge is 0.199 e. The number of hydrogen-bond donors (Lipinski definition) is 1. The standard InChI is InChI=1S/C12H12FN3S/c1-7-4-9(13)6-10(5-7)16-11(8-2-3-8)14-15-12(16)17/h4-6,8H,2-3H2,1H3,(H,15,17). The maximum absolute atomic E-state index is 13.4. The highest BCUT2D eigenvalue weighted by molar-refractivity contribution is 7.71. The molecule has 0 atom stereocenters. The molecule has 1 aliphatic rings. The SMILES string of the molecule is Cc1cc(F)cc(-n2c(C3CC3)n[nH]c2=S)c1. The number of nitrogens with one attached hydrogen (secondary N) is 1. The Kier molecular flexibility index (Phi) is 2.36. The van der Waals surface area contributed by atoms with Gasteiger partial charge in [0.15, 0.2) is 4.77 Å². The first kappa shape index (κ1) is 10.7. The van der Waals surface area contributed by atoms with Gasteiger partial charge in [-0.15, -0.1) is 0 Å². The minimum Gasteiger partial charge on any atom is -0.272 e. The molecule has 17 heavy (non-hydrogen) atoms. The first-order valence-electron chi connectivity index (χ1n) is 5.60. The van der Waals surface area contributed by atoms with Crippen molar-refractivity contribution in [2.45, 2.75) is 25.7 Å². The number of aryl methyl sites for hydroxylation is 1. The Hall–Kier alpha value is -1.49. The van der Waals surface area contributed by atoms with E-state index in [1.165, 1.54) is 12.1 Å². The molecular weight excluding hydrogens is 237 g/mol. The molecule has 1 fully saturated rings. The Morgan fingerprint density at radius 1 is 1.41 bits per heavy atom. The Morgan fingerprint density at radius 2 is 2.18 bits per heavy atom. The van der Waals surface area contributed by atoms with Crippen LogP contribution in [0, 0.1) is 17.5 Å². The van der Waals surface area contributed by atoms with Crippen LogP contribution in [0.1, 0.15) is 30.1 Å². The van der Waals surface area contributed by atoms with E-state index < -0.39 is 0 Å². The number of aromatic amines is 1. The van der Waals surface area contributed by atoms with Crippen molar-refractivity contribution >= 4 is 12.2 Å². The molecule has 0 radical (unpaired) electrons. The van der Waals surface area contributed by atoms with Gasteiger partial charge in [-0.3, -0.25) is 9.67 Å². The molecule has 0 spiro atoms. The van der Waals surface area contributed by atoms with Crippen LogP contribution in [0.3, 0.4) is 0 Å². The van der Waals surface area contributed by atoms with Crippen LogP contribution in [0.25, 0.3) is 5.69 Å². The zero-order valence-corrected chi connectivity index (χ0v) is 10.2. The maximum Gasteiger partial charge on any atom is 0.199 e. The van der Waals surface area contributed by atoms with Crippen molar-refractivity contribution < 1.29 is 4.39 Å². The van der Waals surface area contributed by atoms with E-state index in [9.17, 15) is 4.39 Å². The van der Waals surface area contributed by atoms with Crippen molar-refractivity contribution in [1.82, 2.24) is 14.8 Å². The number of halogens is 1. The monoisotopic (exact) mass is 249 g/mol. The first-order chi connectivity index (χ1) is 8.15. The molecule has 0 bridgehead atoms. The number of aromatic nitrogens is 3. The van der Waals surface area contributed by atoms with Gasteiger partial charge in [-0.2, -0.15) is 5.10 Å². The van der Waals surface area contributed by atoms with E-state index >= 15 is 0 Å². The Bertz CT molecular complexity index is 605. The van der Waals surface area contributed by atoms with E-state index in [0.29, 0.717) is 10.7 Å². The van der Waals surface area contributed by atoms with E-state index in [1.807, 2.05) is 17.6 Å². The second kappa shape index (κ2) is 3.77. The summed E-state index contributed by atoms with van der Waals surface area (Å²) >= 11 is 5.21. The van der Waals surface area contributed by atoms with Crippen LogP contribution >= 0.6 is 12.2 Å². The highest BCUT2D eigenvalue weighted by atomic mass is 32.1. The van der Waals surface area contributed by atoms with Crippen LogP contribution in [0.15, 0.2) is 18.2 Å². The third-order valence-electron chi connectivity index (χ3n) is 2.93. The predicted molar refractivity (Wildman–Crippen MR) is 65.4 cm³/mol. The molecule has 0 amide bonds. The fourth-order valence-corrected chi connectivity index (χ4v) is 2.26. The van der Waals surface area contributed by atoms with Gasteiger partial charge >= 0.3 is 0 Å². The summed E-state index contributed by atoms with van der Waals surface area (Å²) in [5, 5.41) is 7.03. The number of nitrogens with zero attached hydrogens (tertiary/aromatic N) is 2. The Labute approximate surface area is 103 Å². The fourth-order valence-electron chi connectivity index (χ4n) is 2.02. The van der Waals surface area contributed by atoms with Gasteiger partial charge in [0.05, 0.1) is 5.69 Å². The molecule has 2 aromatic rings. The molecule has 3 rings (SSSR count). The number of H-pyrrole nitrogens is 1. The van der Waals surface area contributed by atoms with Crippen LogP contribution < -0.4 is 0 Å². The minimum atomic E-state index is -0.246. The van der Waals surface area contributed by atoms with Crippen LogP contribution in [-0.4, -0.2) is 14.8 Å². The van der Waals surface area contributed by atoms with E-state index in [1.54, 1.807) is 0 Å². The Balaban J connectivity index is 2.20. The molecule has 1 N–H and O–H groups in total. The molecule has 1 aromatic heterocycles. The molecule has 1 saturated carbocycles. The van der Waals surface area contributed by atoms with Crippen molar-refractivity contribution in [2.75, 3.05) is 0 Å². The van der Waals surface area contributed by atoms with E-state index in [2.05, 4.69) is 10.2 Å². The van der Waals surface area contributed by atoms with E-state index in [4.69, 9.17) is 12.2 Å². The molecule has 3 nitrogen and oxygen atoms in total. The molecule has 0 aliphatic heterocycles. The van der Waals surface area contributed by atoms with Crippen LogP contribution in [0.2, 0.25) is 0 Å². The molecule has 0 saturated heterocycles. The highest BCUT2D eigenvalue weighted by Gasteiger charge is 2.29. The lowest BCUT2D eigenvalue weighted by molar-refractivity contribution is 0.624. The summed E-state index contributed by atoms with van der Waals surface area (Å²) in [5.74, 6) is 1.14. The maximum atomic E-state index is 13.4. The van der Waals surface area contributed by atoms with Gasteiger partial charge in [-0.25, -0.2) is 4.39 Å². The molecule has 1 aromatic carbocycles. The van der Waals surface area contributed by atoms with Gasteiger partial charge in [-0.1, -0.05) is 0 Å². The summed E-state index contributed by atoms with van der Waals surface area (Å²) in [6.45, 7) is 1.87. The highest BCUT2D eigenvalue weighted by Crippen LogP contribution is 2.39. The van der Waals surface area contributed by atoms with E-state index in [0.717, 1.165) is 29.9 Å². The average molecular weight is 249 g/mol. The van der Waals surface area contributed by atoms with Crippen molar-refractivity contribution in [1.29, 1.82) is 0 Å². The molecule has 88 valence electrons. The Morgan fingerprint density at radius 3 is 2.82 bits per heavy atom. The zero-order chi connectivity index (χ0) is 12.0. The summed E-state index contributed by atoms with van der Waals surface area (Å²) in [6.07, 6.45) is 2.27. The van der Waals surface area contributed by atoms with Crippen molar-refractivity contribution in [3.05, 3.63) is 40.2 Å². The van der Waals surface area contributed by atoms with Crippen molar-refractivity contribution in [3.8, 4) is 5.69 Å². The summed E-state index contributed by atoms with van der Waals surface area (Å²) in [6, 6.07) is 4.91. The fraction of sp³-hybridized carbons (Fsp3) is 0.333. The largest absolute Gasteiger partial charge is 0.272 e. The van der Waals surface area contributed by atoms with Gasteiger partial charge in [0.2, 0.25) is 0 Å². The summed E-state index contributed by atoms with van der Waals surface area (Å²) in [7, 11) is 0. The van der Waals surface area contributed by atoms with Crippen LogP contribution in [0.5, 0.6) is 0 Å². The van der Waals surface area contributed by atoms with Gasteiger partial charge in [0.1, 0.15) is 11.6 Å². The molecule has 0 unspecified atom stereocenters. The summed E-state index contributed by atoms with van der Waals surface area (Å²) in [4.78, 5) is 0.